The Balaban J connectivity index is 8.32. The van der Waals surface area contributed by atoms with Crippen LogP contribution >= 0.6 is 0 Å². The zero-order valence-electron chi connectivity index (χ0n) is 21.7. The first-order valence-corrected chi connectivity index (χ1v) is 19.1. The number of rotatable bonds is 12. The van der Waals surface area contributed by atoms with Gasteiger partial charge in [-0.3, -0.25) is 9.11 Å². The predicted molar refractivity (Wildman–Crippen MR) is 137 cm³/mol. The first kappa shape index (κ1) is 31.3. The molecule has 0 radical (unpaired) electrons. The van der Waals surface area contributed by atoms with Crippen molar-refractivity contribution in [3.05, 3.63) is 0 Å². The number of hydrogen-bond acceptors (Lipinski definition) is 4. The second-order valence-electron chi connectivity index (χ2n) is 11.1. The van der Waals surface area contributed by atoms with E-state index >= 15 is 0 Å². The van der Waals surface area contributed by atoms with Crippen molar-refractivity contribution in [3.8, 4) is 0 Å². The van der Waals surface area contributed by atoms with Crippen molar-refractivity contribution < 1.29 is 25.9 Å². The van der Waals surface area contributed by atoms with Crippen LogP contribution in [0.2, 0.25) is 33.2 Å². The Morgan fingerprint density at radius 2 is 0.806 bits per heavy atom. The molecule has 0 heterocycles. The minimum absolute atomic E-state index is 0.0149. The molecule has 2 N–H and O–H groups in total. The lowest BCUT2D eigenvalue weighted by atomic mass is 10.5. The van der Waals surface area contributed by atoms with E-state index < -0.39 is 46.1 Å². The molecular weight excluding hydrogens is 469 g/mol. The lowest BCUT2D eigenvalue weighted by Crippen LogP contribution is -2.82. The molecule has 0 aliphatic heterocycles. The van der Waals surface area contributed by atoms with Crippen LogP contribution in [0.5, 0.6) is 0 Å². The molecule has 6 nitrogen and oxygen atoms in total. The molecule has 0 aromatic rings. The van der Waals surface area contributed by atoms with Gasteiger partial charge in [0.1, 0.15) is 0 Å². The van der Waals surface area contributed by atoms with Gasteiger partial charge in [-0.05, 0) is 39.7 Å². The molecule has 31 heavy (non-hydrogen) atoms. The third-order valence-electron chi connectivity index (χ3n) is 8.28. The van der Waals surface area contributed by atoms with Crippen LogP contribution in [0.15, 0.2) is 0 Å². The average molecular weight is 517 g/mol. The van der Waals surface area contributed by atoms with Crippen LogP contribution in [0, 0.1) is 0 Å². The Hall–Kier alpha value is 0.254. The average Bonchev–Trinajstić information content (AvgIpc) is 2.48. The highest BCUT2D eigenvalue weighted by atomic mass is 32.2. The van der Waals surface area contributed by atoms with E-state index in [4.69, 9.17) is 0 Å². The van der Waals surface area contributed by atoms with E-state index in [1.807, 2.05) is 83.1 Å². The fourth-order valence-corrected chi connectivity index (χ4v) is 40.6. The van der Waals surface area contributed by atoms with Crippen LogP contribution in [0.25, 0.3) is 0 Å². The third kappa shape index (κ3) is 4.89. The molecule has 0 aromatic carbocycles. The molecule has 0 saturated carbocycles. The van der Waals surface area contributed by atoms with E-state index in [1.165, 1.54) is 0 Å². The molecule has 0 aliphatic carbocycles. The van der Waals surface area contributed by atoms with E-state index in [0.29, 0.717) is 0 Å². The van der Waals surface area contributed by atoms with Gasteiger partial charge >= 0.3 is 0 Å². The molecule has 0 spiro atoms. The highest BCUT2D eigenvalue weighted by Crippen LogP contribution is 2.63. The Labute approximate surface area is 194 Å². The Kier molecular flexibility index (Phi) is 10.3. The fourth-order valence-electron chi connectivity index (χ4n) is 8.45. The summed E-state index contributed by atoms with van der Waals surface area (Å²) in [5.41, 5.74) is -0.0892. The van der Waals surface area contributed by atoms with Gasteiger partial charge in [0, 0.05) is 0 Å². The molecule has 0 bridgehead atoms. The molecule has 0 fully saturated rings. The van der Waals surface area contributed by atoms with Crippen LogP contribution in [0.1, 0.15) is 89.5 Å². The van der Waals surface area contributed by atoms with E-state index in [2.05, 4.69) is 0 Å². The standard InChI is InChI=1S/C21H48O6S2Si2/c1-15(2)30(16(3)4,17(5)6)21(29(25,26)27,13-14-28(22,23)24)31(18(7)8,19(9)10)20(11)12/h15-20H,13-14H2,1-12H3,(H,22,23,24)(H,25,26,27). The van der Waals surface area contributed by atoms with Crippen LogP contribution in [-0.4, -0.2) is 51.8 Å². The Morgan fingerprint density at radius 3 is 0.935 bits per heavy atom. The van der Waals surface area contributed by atoms with Crippen LogP contribution in [-0.2, 0) is 20.2 Å². The van der Waals surface area contributed by atoms with Gasteiger partial charge in [0.15, 0.2) is 0 Å². The second kappa shape index (κ2) is 10.3. The molecule has 0 amide bonds. The smallest absolute Gasteiger partial charge is 0.265 e. The van der Waals surface area contributed by atoms with Gasteiger partial charge < -0.3 is 0 Å². The van der Waals surface area contributed by atoms with E-state index in [9.17, 15) is 25.9 Å². The maximum absolute atomic E-state index is 13.8. The van der Waals surface area contributed by atoms with Crippen molar-refractivity contribution in [1.82, 2.24) is 0 Å². The van der Waals surface area contributed by atoms with Gasteiger partial charge in [-0.25, -0.2) is 0 Å². The SMILES string of the molecule is CC(C)[Si](C(C)C)(C(C)C)C(CCS(=O)(=O)O)([Si](C(C)C)(C(C)C)C(C)C)S(=O)(=O)O. The van der Waals surface area contributed by atoms with Gasteiger partial charge in [0.2, 0.25) is 0 Å². The summed E-state index contributed by atoms with van der Waals surface area (Å²) in [7, 11) is -15.1. The maximum Gasteiger partial charge on any atom is 0.265 e. The van der Waals surface area contributed by atoms with Crippen LogP contribution < -0.4 is 0 Å². The zero-order chi connectivity index (χ0) is 25.4. The summed E-state index contributed by atoms with van der Waals surface area (Å²) in [5.74, 6) is -0.658. The van der Waals surface area contributed by atoms with Crippen molar-refractivity contribution in [1.29, 1.82) is 0 Å². The van der Waals surface area contributed by atoms with Crippen molar-refractivity contribution in [2.24, 2.45) is 0 Å². The minimum atomic E-state index is -4.69. The summed E-state index contributed by atoms with van der Waals surface area (Å²) in [5, 5.41) is 0. The fraction of sp³-hybridized carbons (Fsp3) is 1.00. The summed E-state index contributed by atoms with van der Waals surface area (Å²) >= 11 is 0. The summed E-state index contributed by atoms with van der Waals surface area (Å²) in [6.45, 7) is 24.5. The quantitative estimate of drug-likeness (QED) is 0.232. The van der Waals surface area contributed by atoms with Gasteiger partial charge in [-0.15, -0.1) is 0 Å². The number of hydrogen-bond donors (Lipinski definition) is 2. The molecule has 188 valence electrons. The molecule has 10 heteroatoms. The largest absolute Gasteiger partial charge is 0.286 e. The molecule has 0 atom stereocenters. The third-order valence-corrected chi connectivity index (χ3v) is 31.1. The first-order chi connectivity index (χ1) is 13.6. The molecule has 0 rings (SSSR count). The molecule has 0 unspecified atom stereocenters. The second-order valence-corrected chi connectivity index (χ2v) is 27.9. The topological polar surface area (TPSA) is 109 Å². The molecular formula is C21H48O6S2Si2. The summed E-state index contributed by atoms with van der Waals surface area (Å²) in [6.07, 6.45) is -0.244. The van der Waals surface area contributed by atoms with Crippen molar-refractivity contribution >= 4 is 36.4 Å². The van der Waals surface area contributed by atoms with E-state index in [-0.39, 0.29) is 39.7 Å². The lowest BCUT2D eigenvalue weighted by molar-refractivity contribution is 0.455. The predicted octanol–water partition coefficient (Wildman–Crippen LogP) is 6.33. The maximum atomic E-state index is 13.8. The molecule has 0 aromatic heterocycles. The van der Waals surface area contributed by atoms with Gasteiger partial charge in [0.05, 0.1) is 25.9 Å². The highest BCUT2D eigenvalue weighted by Gasteiger charge is 2.75. The van der Waals surface area contributed by atoms with Crippen LogP contribution in [0.4, 0.5) is 0 Å². The van der Waals surface area contributed by atoms with Crippen LogP contribution in [0.3, 0.4) is 0 Å². The Morgan fingerprint density at radius 1 is 0.581 bits per heavy atom. The van der Waals surface area contributed by atoms with Gasteiger partial charge in [-0.2, -0.15) is 16.8 Å². The van der Waals surface area contributed by atoms with Gasteiger partial charge in [0.25, 0.3) is 20.2 Å². The van der Waals surface area contributed by atoms with E-state index in [1.54, 1.807) is 0 Å². The molecule has 0 saturated heterocycles. The van der Waals surface area contributed by atoms with E-state index in [0.717, 1.165) is 0 Å². The monoisotopic (exact) mass is 516 g/mol. The first-order valence-electron chi connectivity index (χ1n) is 11.5. The minimum Gasteiger partial charge on any atom is -0.286 e. The Bertz CT molecular complexity index is 724. The summed E-state index contributed by atoms with van der Waals surface area (Å²) in [6, 6.07) is 0. The lowest BCUT2D eigenvalue weighted by Gasteiger charge is -2.65. The highest BCUT2D eigenvalue weighted by molar-refractivity contribution is 7.92. The van der Waals surface area contributed by atoms with Gasteiger partial charge in [-0.1, -0.05) is 83.1 Å². The van der Waals surface area contributed by atoms with Crippen molar-refractivity contribution in [3.63, 3.8) is 0 Å². The van der Waals surface area contributed by atoms with Crippen molar-refractivity contribution in [2.45, 2.75) is 127 Å². The normalized spacial score (nSPS) is 15.4. The summed E-state index contributed by atoms with van der Waals surface area (Å²) in [4.78, 5) is 0. The zero-order valence-corrected chi connectivity index (χ0v) is 25.4. The molecule has 0 aliphatic rings. The van der Waals surface area contributed by atoms with Crippen molar-refractivity contribution in [2.75, 3.05) is 5.75 Å². The summed E-state index contributed by atoms with van der Waals surface area (Å²) < 4.78 is 71.1.